The van der Waals surface area contributed by atoms with Crippen LogP contribution in [0.4, 0.5) is 0 Å². The zero-order valence-corrected chi connectivity index (χ0v) is 21.1. The Morgan fingerprint density at radius 3 is 1.97 bits per heavy atom. The number of ether oxygens (including phenoxy) is 5. The molecule has 0 fully saturated rings. The fourth-order valence-electron chi connectivity index (χ4n) is 3.22. The minimum atomic E-state index is -1.14. The van der Waals surface area contributed by atoms with E-state index >= 15 is 0 Å². The highest BCUT2D eigenvalue weighted by atomic mass is 35.5. The van der Waals surface area contributed by atoms with Gasteiger partial charge in [-0.15, -0.1) is 0 Å². The second kappa shape index (κ2) is 13.8. The normalized spacial score (nSPS) is 10.6. The number of hydrogen-bond acceptors (Lipinski definition) is 7. The molecule has 0 unspecified atom stereocenters. The van der Waals surface area contributed by atoms with Gasteiger partial charge in [0.15, 0.2) is 27.8 Å². The van der Waals surface area contributed by atoms with Crippen molar-refractivity contribution in [3.8, 4) is 28.7 Å². The lowest BCUT2D eigenvalue weighted by Crippen LogP contribution is -2.29. The first kappa shape index (κ1) is 27.4. The number of carbonyl (C=O) groups excluding carboxylic acids is 2. The van der Waals surface area contributed by atoms with E-state index in [9.17, 15) is 9.59 Å². The minimum Gasteiger partial charge on any atom is -0.493 e. The lowest BCUT2D eigenvalue weighted by Gasteiger charge is -2.14. The van der Waals surface area contributed by atoms with Crippen LogP contribution in [0.2, 0.25) is 0 Å². The maximum atomic E-state index is 12.3. The topological polar surface area (TPSA) is 92.3 Å². The molecule has 34 heavy (non-hydrogen) atoms. The van der Waals surface area contributed by atoms with Gasteiger partial charge in [-0.1, -0.05) is 29.3 Å². The zero-order chi connectivity index (χ0) is 25.1. The number of benzene rings is 2. The molecule has 0 saturated heterocycles. The van der Waals surface area contributed by atoms with E-state index in [1.807, 2.05) is 18.2 Å². The lowest BCUT2D eigenvalue weighted by atomic mass is 10.0. The summed E-state index contributed by atoms with van der Waals surface area (Å²) >= 11 is 10.9. The Kier molecular flexibility index (Phi) is 11.1. The number of rotatable bonds is 13. The van der Waals surface area contributed by atoms with E-state index < -0.39 is 16.7 Å². The first-order valence-electron chi connectivity index (χ1n) is 10.5. The summed E-state index contributed by atoms with van der Waals surface area (Å²) in [5.41, 5.74) is 1.96. The van der Waals surface area contributed by atoms with Crippen LogP contribution in [0.15, 0.2) is 30.3 Å². The van der Waals surface area contributed by atoms with Gasteiger partial charge in [-0.25, -0.2) is 0 Å². The van der Waals surface area contributed by atoms with E-state index in [4.69, 9.17) is 46.9 Å². The van der Waals surface area contributed by atoms with Crippen molar-refractivity contribution >= 4 is 35.1 Å². The average molecular weight is 514 g/mol. The number of amides is 1. The van der Waals surface area contributed by atoms with Crippen LogP contribution < -0.4 is 29.0 Å². The Bertz CT molecular complexity index is 957. The molecule has 0 bridgehead atoms. The second-order valence-electron chi connectivity index (χ2n) is 7.19. The molecule has 2 aromatic rings. The van der Waals surface area contributed by atoms with Crippen molar-refractivity contribution < 1.29 is 33.3 Å². The van der Waals surface area contributed by atoms with E-state index in [0.717, 1.165) is 11.1 Å². The van der Waals surface area contributed by atoms with E-state index in [0.29, 0.717) is 48.0 Å². The number of aryl methyl sites for hydroxylation is 2. The summed E-state index contributed by atoms with van der Waals surface area (Å²) in [6, 6.07) is 9.26. The minimum absolute atomic E-state index is 0.105. The zero-order valence-electron chi connectivity index (χ0n) is 19.6. The monoisotopic (exact) mass is 513 g/mol. The molecule has 2 rings (SSSR count). The molecule has 0 radical (unpaired) electrons. The van der Waals surface area contributed by atoms with Crippen LogP contribution >= 0.6 is 23.2 Å². The molecule has 0 aliphatic carbocycles. The average Bonchev–Trinajstić information content (AvgIpc) is 2.84. The largest absolute Gasteiger partial charge is 0.493 e. The summed E-state index contributed by atoms with van der Waals surface area (Å²) in [5, 5.41) is 2.53. The highest BCUT2D eigenvalue weighted by Gasteiger charge is 2.15. The Hall–Kier alpha value is -2.84. The Morgan fingerprint density at radius 1 is 0.824 bits per heavy atom. The first-order valence-corrected chi connectivity index (χ1v) is 11.4. The molecule has 1 amide bonds. The van der Waals surface area contributed by atoms with Crippen LogP contribution in [0.3, 0.4) is 0 Å². The van der Waals surface area contributed by atoms with Crippen molar-refractivity contribution in [2.24, 2.45) is 0 Å². The molecule has 2 aromatic carbocycles. The molecule has 0 heterocycles. The fourth-order valence-corrected chi connectivity index (χ4v) is 3.37. The van der Waals surface area contributed by atoms with Gasteiger partial charge in [-0.2, -0.15) is 0 Å². The molecule has 0 aromatic heterocycles. The van der Waals surface area contributed by atoms with Gasteiger partial charge in [0.05, 0.1) is 28.4 Å². The van der Waals surface area contributed by atoms with Gasteiger partial charge in [0.1, 0.15) is 0 Å². The lowest BCUT2D eigenvalue weighted by molar-refractivity contribution is -0.134. The Morgan fingerprint density at radius 2 is 1.41 bits per heavy atom. The summed E-state index contributed by atoms with van der Waals surface area (Å²) in [5.74, 6) is 1.55. The van der Waals surface area contributed by atoms with Crippen molar-refractivity contribution in [2.45, 2.75) is 30.5 Å². The molecular weight excluding hydrogens is 485 g/mol. The van der Waals surface area contributed by atoms with Gasteiger partial charge in [-0.3, -0.25) is 9.59 Å². The van der Waals surface area contributed by atoms with E-state index in [1.54, 1.807) is 33.5 Å². The predicted molar refractivity (Wildman–Crippen MR) is 130 cm³/mol. The number of nitrogens with one attached hydrogen (secondary N) is 1. The molecule has 0 saturated carbocycles. The number of halogens is 2. The molecule has 1 N–H and O–H groups in total. The Labute approximate surface area is 209 Å². The number of hydrogen-bond donors (Lipinski definition) is 1. The first-order chi connectivity index (χ1) is 16.3. The third-order valence-corrected chi connectivity index (χ3v) is 5.33. The highest BCUT2D eigenvalue weighted by Crippen LogP contribution is 2.38. The van der Waals surface area contributed by atoms with Crippen molar-refractivity contribution in [2.75, 3.05) is 35.0 Å². The second-order valence-corrected chi connectivity index (χ2v) is 8.28. The molecule has 0 atom stereocenters. The van der Waals surface area contributed by atoms with Crippen LogP contribution in [0, 0.1) is 0 Å². The van der Waals surface area contributed by atoms with Crippen LogP contribution in [-0.2, 0) is 22.4 Å². The molecule has 10 heteroatoms. The quantitative estimate of drug-likeness (QED) is 0.186. The van der Waals surface area contributed by atoms with E-state index in [-0.39, 0.29) is 13.0 Å². The van der Waals surface area contributed by atoms with Crippen molar-refractivity contribution in [3.63, 3.8) is 0 Å². The van der Waals surface area contributed by atoms with Gasteiger partial charge >= 0.3 is 5.97 Å². The van der Waals surface area contributed by atoms with E-state index in [2.05, 4.69) is 5.32 Å². The SMILES string of the molecule is COc1ccc(CCc2cc(OC)c(OC)c(OC)c2)cc1OC(=O)CCCNC(=O)C(Cl)Cl. The van der Waals surface area contributed by atoms with Crippen LogP contribution in [0.5, 0.6) is 28.7 Å². The van der Waals surface area contributed by atoms with Gasteiger partial charge in [0.2, 0.25) is 5.75 Å². The number of alkyl halides is 2. The van der Waals surface area contributed by atoms with Crippen LogP contribution in [0.1, 0.15) is 24.0 Å². The highest BCUT2D eigenvalue weighted by molar-refractivity contribution is 6.53. The smallest absolute Gasteiger partial charge is 0.311 e. The van der Waals surface area contributed by atoms with Crippen molar-refractivity contribution in [3.05, 3.63) is 41.5 Å². The third-order valence-electron chi connectivity index (χ3n) is 4.93. The van der Waals surface area contributed by atoms with Crippen LogP contribution in [0.25, 0.3) is 0 Å². The molecule has 8 nitrogen and oxygen atoms in total. The summed E-state index contributed by atoms with van der Waals surface area (Å²) in [7, 11) is 6.22. The fraction of sp³-hybridized carbons (Fsp3) is 0.417. The van der Waals surface area contributed by atoms with Gasteiger partial charge in [-0.05, 0) is 54.7 Å². The van der Waals surface area contributed by atoms with Crippen LogP contribution in [-0.4, -0.2) is 51.7 Å². The summed E-state index contributed by atoms with van der Waals surface area (Å²) in [4.78, 5) is 22.5. The summed E-state index contributed by atoms with van der Waals surface area (Å²) in [6.07, 6.45) is 1.86. The van der Waals surface area contributed by atoms with Gasteiger partial charge < -0.3 is 29.0 Å². The van der Waals surface area contributed by atoms with E-state index in [1.165, 1.54) is 7.11 Å². The number of esters is 1. The third kappa shape index (κ3) is 7.88. The van der Waals surface area contributed by atoms with Crippen molar-refractivity contribution in [1.29, 1.82) is 0 Å². The van der Waals surface area contributed by atoms with Crippen molar-refractivity contribution in [1.82, 2.24) is 5.32 Å². The standard InChI is InChI=1S/C24H29Cl2NO7/c1-30-17-10-9-15(7-8-16-13-19(31-2)22(33-4)20(14-16)32-3)12-18(17)34-21(28)6-5-11-27-24(29)23(25)26/h9-10,12-14,23H,5-8,11H2,1-4H3,(H,27,29). The van der Waals surface area contributed by atoms with Gasteiger partial charge in [0.25, 0.3) is 5.91 Å². The maximum Gasteiger partial charge on any atom is 0.311 e. The molecule has 0 aliphatic rings. The van der Waals surface area contributed by atoms with Gasteiger partial charge in [0, 0.05) is 13.0 Å². The maximum absolute atomic E-state index is 12.3. The molecule has 0 aliphatic heterocycles. The number of methoxy groups -OCH3 is 4. The summed E-state index contributed by atoms with van der Waals surface area (Å²) in [6.45, 7) is 0.260. The number of carbonyl (C=O) groups is 2. The Balaban J connectivity index is 2.02. The molecule has 0 spiro atoms. The summed E-state index contributed by atoms with van der Waals surface area (Å²) < 4.78 is 27.0. The molecular formula is C24H29Cl2NO7. The predicted octanol–water partition coefficient (Wildman–Crippen LogP) is 4.11. The molecule has 186 valence electrons.